The number of nitro benzene ring substituents is 1. The van der Waals surface area contributed by atoms with Crippen molar-refractivity contribution in [2.75, 3.05) is 25.5 Å². The Morgan fingerprint density at radius 3 is 2.71 bits per heavy atom. The summed E-state index contributed by atoms with van der Waals surface area (Å²) in [5.74, 6) is -1.38. The topological polar surface area (TPSA) is 95.7 Å². The van der Waals surface area contributed by atoms with Crippen molar-refractivity contribution in [1.29, 1.82) is 0 Å². The Hall–Kier alpha value is -2.22. The molecule has 0 aromatic heterocycles. The first-order chi connectivity index (χ1) is 9.75. The number of anilines is 1. The highest BCUT2D eigenvalue weighted by atomic mass is 19.1. The van der Waals surface area contributed by atoms with Crippen molar-refractivity contribution < 1.29 is 19.2 Å². The summed E-state index contributed by atoms with van der Waals surface area (Å²) >= 11 is 0. The summed E-state index contributed by atoms with van der Waals surface area (Å²) in [6.07, 6.45) is 0.395. The number of hydrogen-bond acceptors (Lipinski definition) is 5. The van der Waals surface area contributed by atoms with Crippen molar-refractivity contribution in [1.82, 2.24) is 4.90 Å². The van der Waals surface area contributed by atoms with E-state index in [9.17, 15) is 24.4 Å². The van der Waals surface area contributed by atoms with E-state index in [4.69, 9.17) is 0 Å². The van der Waals surface area contributed by atoms with Gasteiger partial charge in [-0.1, -0.05) is 0 Å². The fourth-order valence-electron chi connectivity index (χ4n) is 2.37. The molecule has 1 aliphatic rings. The highest BCUT2D eigenvalue weighted by Crippen LogP contribution is 2.29. The van der Waals surface area contributed by atoms with Gasteiger partial charge in [0.2, 0.25) is 0 Å². The highest BCUT2D eigenvalue weighted by Gasteiger charge is 2.36. The van der Waals surface area contributed by atoms with Crippen molar-refractivity contribution >= 4 is 17.3 Å². The van der Waals surface area contributed by atoms with E-state index in [0.717, 1.165) is 12.1 Å². The molecule has 0 aliphatic carbocycles. The lowest BCUT2D eigenvalue weighted by atomic mass is 10.1. The first-order valence-electron chi connectivity index (χ1n) is 6.42. The van der Waals surface area contributed by atoms with E-state index in [1.165, 1.54) is 11.9 Å². The molecule has 1 aromatic rings. The van der Waals surface area contributed by atoms with Crippen LogP contribution in [-0.2, 0) is 0 Å². The average Bonchev–Trinajstić information content (AvgIpc) is 2.77. The molecular formula is C13H16FN3O4. The molecule has 1 aliphatic heterocycles. The number of likely N-dealkylation sites (tertiary alicyclic amines) is 1. The van der Waals surface area contributed by atoms with Gasteiger partial charge in [0.15, 0.2) is 5.82 Å². The van der Waals surface area contributed by atoms with E-state index in [2.05, 4.69) is 5.32 Å². The van der Waals surface area contributed by atoms with Crippen LogP contribution in [0.25, 0.3) is 0 Å². The van der Waals surface area contributed by atoms with Crippen LogP contribution >= 0.6 is 0 Å². The van der Waals surface area contributed by atoms with E-state index in [-0.39, 0.29) is 17.8 Å². The van der Waals surface area contributed by atoms with Gasteiger partial charge in [0, 0.05) is 20.1 Å². The van der Waals surface area contributed by atoms with E-state index in [1.807, 2.05) is 0 Å². The number of nitrogens with zero attached hydrogens (tertiary/aromatic N) is 2. The lowest BCUT2D eigenvalue weighted by Crippen LogP contribution is -2.34. The summed E-state index contributed by atoms with van der Waals surface area (Å²) in [6.45, 7) is 1.99. The fraction of sp³-hybridized carbons (Fsp3) is 0.462. The number of benzene rings is 1. The zero-order valence-electron chi connectivity index (χ0n) is 11.7. The number of aliphatic hydroxyl groups is 1. The molecular weight excluding hydrogens is 281 g/mol. The Morgan fingerprint density at radius 1 is 1.57 bits per heavy atom. The summed E-state index contributed by atoms with van der Waals surface area (Å²) < 4.78 is 13.6. The molecule has 1 heterocycles. The Bertz CT molecular complexity index is 603. The Kier molecular flexibility index (Phi) is 3.82. The maximum Gasteiger partial charge on any atom is 0.285 e. The quantitative estimate of drug-likeness (QED) is 0.649. The molecule has 1 unspecified atom stereocenters. The molecule has 2 N–H and O–H groups in total. The molecule has 114 valence electrons. The Balaban J connectivity index is 2.42. The highest BCUT2D eigenvalue weighted by molar-refractivity contribution is 5.99. The maximum absolute atomic E-state index is 13.6. The van der Waals surface area contributed by atoms with E-state index < -0.39 is 27.9 Å². The minimum absolute atomic E-state index is 0.00917. The largest absolute Gasteiger partial charge is 0.388 e. The predicted molar refractivity (Wildman–Crippen MR) is 73.7 cm³/mol. The van der Waals surface area contributed by atoms with Gasteiger partial charge in [0.05, 0.1) is 22.3 Å². The van der Waals surface area contributed by atoms with E-state index >= 15 is 0 Å². The third-order valence-electron chi connectivity index (χ3n) is 3.52. The lowest BCUT2D eigenvalue weighted by Gasteiger charge is -2.19. The normalized spacial score (nSPS) is 21.4. The number of amides is 1. The molecule has 1 fully saturated rings. The minimum atomic E-state index is -1.00. The summed E-state index contributed by atoms with van der Waals surface area (Å²) in [4.78, 5) is 24.0. The van der Waals surface area contributed by atoms with Crippen LogP contribution < -0.4 is 5.32 Å². The molecule has 0 spiro atoms. The minimum Gasteiger partial charge on any atom is -0.388 e. The SMILES string of the molecule is CNc1cc(C(=O)N2CCC(C)(O)C2)c([N+](=O)[O-])cc1F. The van der Waals surface area contributed by atoms with E-state index in [1.54, 1.807) is 6.92 Å². The zero-order chi connectivity index (χ0) is 15.8. The molecule has 8 heteroatoms. The first-order valence-corrected chi connectivity index (χ1v) is 6.42. The number of carbonyl (C=O) groups is 1. The van der Waals surface area contributed by atoms with Crippen LogP contribution in [0.3, 0.4) is 0 Å². The average molecular weight is 297 g/mol. The fourth-order valence-corrected chi connectivity index (χ4v) is 2.37. The lowest BCUT2D eigenvalue weighted by molar-refractivity contribution is -0.385. The van der Waals surface area contributed by atoms with Crippen molar-refractivity contribution in [3.8, 4) is 0 Å². The number of rotatable bonds is 3. The van der Waals surface area contributed by atoms with Crippen LogP contribution in [0.5, 0.6) is 0 Å². The van der Waals surface area contributed by atoms with E-state index in [0.29, 0.717) is 13.0 Å². The molecule has 7 nitrogen and oxygen atoms in total. The molecule has 1 aromatic carbocycles. The van der Waals surface area contributed by atoms with Gasteiger partial charge in [-0.15, -0.1) is 0 Å². The van der Waals surface area contributed by atoms with Gasteiger partial charge < -0.3 is 15.3 Å². The molecule has 1 amide bonds. The predicted octanol–water partition coefficient (Wildman–Crippen LogP) is 1.37. The standard InChI is InChI=1S/C13H16FN3O4/c1-13(19)3-4-16(7-13)12(18)8-5-10(15-2)9(14)6-11(8)17(20)21/h5-6,15,19H,3-4,7H2,1-2H3. The van der Waals surface area contributed by atoms with Gasteiger partial charge in [-0.05, 0) is 19.4 Å². The van der Waals surface area contributed by atoms with Gasteiger partial charge in [-0.2, -0.15) is 0 Å². The van der Waals surface area contributed by atoms with Crippen molar-refractivity contribution in [3.05, 3.63) is 33.6 Å². The van der Waals surface area contributed by atoms with Gasteiger partial charge in [-0.3, -0.25) is 14.9 Å². The first kappa shape index (κ1) is 15.2. The zero-order valence-corrected chi connectivity index (χ0v) is 11.7. The second-order valence-electron chi connectivity index (χ2n) is 5.33. The molecule has 0 radical (unpaired) electrons. The number of hydrogen-bond donors (Lipinski definition) is 2. The number of nitro groups is 1. The number of carbonyl (C=O) groups excluding carboxylic acids is 1. The summed E-state index contributed by atoms with van der Waals surface area (Å²) in [6, 6.07) is 1.86. The Morgan fingerprint density at radius 2 is 2.24 bits per heavy atom. The van der Waals surface area contributed by atoms with Crippen LogP contribution in [0.2, 0.25) is 0 Å². The number of nitrogens with one attached hydrogen (secondary N) is 1. The Labute approximate surface area is 120 Å². The molecule has 0 saturated carbocycles. The molecule has 2 rings (SSSR count). The molecule has 1 saturated heterocycles. The summed E-state index contributed by atoms with van der Waals surface area (Å²) in [5.41, 5.74) is -1.77. The van der Waals surface area contributed by atoms with Gasteiger partial charge in [-0.25, -0.2) is 4.39 Å². The molecule has 1 atom stereocenters. The second-order valence-corrected chi connectivity index (χ2v) is 5.33. The second kappa shape index (κ2) is 5.28. The van der Waals surface area contributed by atoms with Gasteiger partial charge in [0.1, 0.15) is 5.56 Å². The summed E-state index contributed by atoms with van der Waals surface area (Å²) in [5, 5.41) is 23.4. The van der Waals surface area contributed by atoms with Crippen LogP contribution in [0.15, 0.2) is 12.1 Å². The van der Waals surface area contributed by atoms with Crippen molar-refractivity contribution in [2.45, 2.75) is 18.9 Å². The van der Waals surface area contributed by atoms with Crippen LogP contribution in [-0.4, -0.2) is 46.6 Å². The summed E-state index contributed by atoms with van der Waals surface area (Å²) in [7, 11) is 1.46. The monoisotopic (exact) mass is 297 g/mol. The number of halogens is 1. The van der Waals surface area contributed by atoms with Crippen LogP contribution in [0, 0.1) is 15.9 Å². The number of β-amino-alcohol motifs (C(OH)–C–C–N with tert-alkyl or cyclic N) is 1. The van der Waals surface area contributed by atoms with Crippen molar-refractivity contribution in [3.63, 3.8) is 0 Å². The molecule has 0 bridgehead atoms. The van der Waals surface area contributed by atoms with Crippen LogP contribution in [0.4, 0.5) is 15.8 Å². The molecule has 21 heavy (non-hydrogen) atoms. The third-order valence-corrected chi connectivity index (χ3v) is 3.52. The smallest absolute Gasteiger partial charge is 0.285 e. The van der Waals surface area contributed by atoms with Crippen molar-refractivity contribution in [2.24, 2.45) is 0 Å². The van der Waals surface area contributed by atoms with Crippen LogP contribution in [0.1, 0.15) is 23.7 Å². The van der Waals surface area contributed by atoms with Gasteiger partial charge in [0.25, 0.3) is 11.6 Å². The van der Waals surface area contributed by atoms with Gasteiger partial charge >= 0.3 is 0 Å². The third kappa shape index (κ3) is 2.94. The maximum atomic E-state index is 13.6.